The van der Waals surface area contributed by atoms with Gasteiger partial charge in [-0.15, -0.1) is 0 Å². The van der Waals surface area contributed by atoms with Gasteiger partial charge in [-0.25, -0.2) is 10.2 Å². The number of amides is 2. The average molecular weight is 597 g/mol. The van der Waals surface area contributed by atoms with E-state index < -0.39 is 16.8 Å². The number of nitrogens with one attached hydrogen (secondary N) is 2. The fourth-order valence-corrected chi connectivity index (χ4v) is 3.90. The maximum absolute atomic E-state index is 13.0. The Kier molecular flexibility index (Phi) is 10.3. The van der Waals surface area contributed by atoms with Crippen molar-refractivity contribution in [1.29, 1.82) is 0 Å². The standard InChI is InChI=1S/C32H28N4O8/c1-3-42-28-16-12-23(19-29(28)43-4-2)32(39)44-27-17-15-26(36(40)41)18-24(27)20-33-35-31(38)22-10-13-25(14-11-22)34-30(37)21-8-6-5-7-9-21/h5-20H,3-4H2,1-2H3,(H,34,37)(H,35,38)/b33-20+. The quantitative estimate of drug-likeness (QED) is 0.0700. The van der Waals surface area contributed by atoms with Gasteiger partial charge in [-0.1, -0.05) is 18.2 Å². The normalized spacial score (nSPS) is 10.6. The molecule has 0 fully saturated rings. The average Bonchev–Trinajstić information content (AvgIpc) is 3.03. The van der Waals surface area contributed by atoms with Crippen molar-refractivity contribution in [3.05, 3.63) is 123 Å². The van der Waals surface area contributed by atoms with Crippen LogP contribution in [0.15, 0.2) is 96.1 Å². The van der Waals surface area contributed by atoms with Crippen LogP contribution in [0.1, 0.15) is 50.5 Å². The van der Waals surface area contributed by atoms with Gasteiger partial charge in [-0.05, 0) is 74.5 Å². The second kappa shape index (κ2) is 14.7. The van der Waals surface area contributed by atoms with Crippen LogP contribution in [0.5, 0.6) is 17.2 Å². The number of hydrogen-bond donors (Lipinski definition) is 2. The molecular weight excluding hydrogens is 568 g/mol. The number of nitro benzene ring substituents is 1. The van der Waals surface area contributed by atoms with Gasteiger partial charge in [0.15, 0.2) is 11.5 Å². The van der Waals surface area contributed by atoms with Crippen LogP contribution in [0.2, 0.25) is 0 Å². The van der Waals surface area contributed by atoms with E-state index in [-0.39, 0.29) is 34.0 Å². The Morgan fingerprint density at radius 3 is 2.09 bits per heavy atom. The number of hydrogen-bond acceptors (Lipinski definition) is 9. The summed E-state index contributed by atoms with van der Waals surface area (Å²) in [5, 5.41) is 18.0. The summed E-state index contributed by atoms with van der Waals surface area (Å²) in [7, 11) is 0. The molecule has 44 heavy (non-hydrogen) atoms. The number of nitrogens with zero attached hydrogens (tertiary/aromatic N) is 2. The Morgan fingerprint density at radius 2 is 1.41 bits per heavy atom. The molecule has 0 aliphatic carbocycles. The highest BCUT2D eigenvalue weighted by atomic mass is 16.6. The summed E-state index contributed by atoms with van der Waals surface area (Å²) in [5.41, 5.74) is 3.52. The summed E-state index contributed by atoms with van der Waals surface area (Å²) < 4.78 is 16.6. The molecule has 0 aliphatic heterocycles. The third-order valence-electron chi connectivity index (χ3n) is 6.00. The molecule has 4 rings (SSSR count). The van der Waals surface area contributed by atoms with Crippen LogP contribution in [0.3, 0.4) is 0 Å². The van der Waals surface area contributed by atoms with E-state index in [4.69, 9.17) is 14.2 Å². The molecule has 0 saturated carbocycles. The lowest BCUT2D eigenvalue weighted by Crippen LogP contribution is -2.18. The molecule has 4 aromatic rings. The van der Waals surface area contributed by atoms with E-state index in [0.717, 1.165) is 12.3 Å². The van der Waals surface area contributed by atoms with E-state index in [2.05, 4.69) is 15.8 Å². The van der Waals surface area contributed by atoms with Crippen molar-refractivity contribution < 1.29 is 33.5 Å². The highest BCUT2D eigenvalue weighted by molar-refractivity contribution is 6.04. The van der Waals surface area contributed by atoms with Crippen LogP contribution >= 0.6 is 0 Å². The predicted molar refractivity (Wildman–Crippen MR) is 163 cm³/mol. The van der Waals surface area contributed by atoms with Gasteiger partial charge in [0.05, 0.1) is 29.9 Å². The minimum absolute atomic E-state index is 0.0241. The van der Waals surface area contributed by atoms with E-state index in [9.17, 15) is 24.5 Å². The van der Waals surface area contributed by atoms with Crippen molar-refractivity contribution in [1.82, 2.24) is 5.43 Å². The fourth-order valence-electron chi connectivity index (χ4n) is 3.90. The molecule has 12 nitrogen and oxygen atoms in total. The molecule has 0 spiro atoms. The van der Waals surface area contributed by atoms with Gasteiger partial charge in [0.1, 0.15) is 5.75 Å². The lowest BCUT2D eigenvalue weighted by molar-refractivity contribution is -0.384. The molecular formula is C32H28N4O8. The number of rotatable bonds is 12. The highest BCUT2D eigenvalue weighted by Gasteiger charge is 2.17. The van der Waals surface area contributed by atoms with E-state index in [1.54, 1.807) is 55.5 Å². The van der Waals surface area contributed by atoms with Crippen LogP contribution in [0.25, 0.3) is 0 Å². The molecule has 0 atom stereocenters. The number of carbonyl (C=O) groups is 3. The molecule has 0 radical (unpaired) electrons. The Balaban J connectivity index is 1.46. The summed E-state index contributed by atoms with van der Waals surface area (Å²) in [6, 6.07) is 23.0. The number of esters is 1. The summed E-state index contributed by atoms with van der Waals surface area (Å²) in [6.07, 6.45) is 1.13. The van der Waals surface area contributed by atoms with Crippen LogP contribution in [0, 0.1) is 10.1 Å². The molecule has 0 bridgehead atoms. The van der Waals surface area contributed by atoms with Gasteiger partial charge in [0.25, 0.3) is 17.5 Å². The zero-order valence-electron chi connectivity index (χ0n) is 23.8. The third-order valence-corrected chi connectivity index (χ3v) is 6.00. The van der Waals surface area contributed by atoms with Gasteiger partial charge in [0, 0.05) is 34.5 Å². The largest absolute Gasteiger partial charge is 0.490 e. The highest BCUT2D eigenvalue weighted by Crippen LogP contribution is 2.30. The first kappa shape index (κ1) is 30.9. The minimum atomic E-state index is -0.749. The van der Waals surface area contributed by atoms with Gasteiger partial charge in [-0.3, -0.25) is 19.7 Å². The number of nitro groups is 1. The van der Waals surface area contributed by atoms with Crippen molar-refractivity contribution in [3.63, 3.8) is 0 Å². The topological polar surface area (TPSA) is 158 Å². The smallest absolute Gasteiger partial charge is 0.343 e. The molecule has 224 valence electrons. The number of hydrazone groups is 1. The predicted octanol–water partition coefficient (Wildman–Crippen LogP) is 5.63. The molecule has 0 aliphatic rings. The van der Waals surface area contributed by atoms with E-state index in [0.29, 0.717) is 36.0 Å². The van der Waals surface area contributed by atoms with Gasteiger partial charge < -0.3 is 19.5 Å². The second-order valence-electron chi connectivity index (χ2n) is 8.99. The summed E-state index contributed by atoms with van der Waals surface area (Å²) >= 11 is 0. The summed E-state index contributed by atoms with van der Waals surface area (Å²) in [6.45, 7) is 4.37. The third kappa shape index (κ3) is 8.03. The van der Waals surface area contributed by atoms with Gasteiger partial charge in [-0.2, -0.15) is 5.10 Å². The zero-order chi connectivity index (χ0) is 31.5. The van der Waals surface area contributed by atoms with Crippen molar-refractivity contribution in [2.75, 3.05) is 18.5 Å². The number of benzene rings is 4. The van der Waals surface area contributed by atoms with Crippen LogP contribution in [0.4, 0.5) is 11.4 Å². The van der Waals surface area contributed by atoms with Crippen molar-refractivity contribution >= 4 is 35.4 Å². The molecule has 2 N–H and O–H groups in total. The van der Waals surface area contributed by atoms with Crippen molar-refractivity contribution in [3.8, 4) is 17.2 Å². The molecule has 0 saturated heterocycles. The monoisotopic (exact) mass is 596 g/mol. The summed E-state index contributed by atoms with van der Waals surface area (Å²) in [5.74, 6) is -0.813. The van der Waals surface area contributed by atoms with Crippen LogP contribution in [-0.2, 0) is 0 Å². The fraction of sp³-hybridized carbons (Fsp3) is 0.125. The molecule has 0 unspecified atom stereocenters. The molecule has 0 heterocycles. The lowest BCUT2D eigenvalue weighted by atomic mass is 10.1. The zero-order valence-corrected chi connectivity index (χ0v) is 23.8. The number of ether oxygens (including phenoxy) is 3. The van der Waals surface area contributed by atoms with E-state index in [1.165, 1.54) is 36.4 Å². The first-order valence-corrected chi connectivity index (χ1v) is 13.5. The molecule has 0 aromatic heterocycles. The van der Waals surface area contributed by atoms with Crippen molar-refractivity contribution in [2.24, 2.45) is 5.10 Å². The second-order valence-corrected chi connectivity index (χ2v) is 8.99. The minimum Gasteiger partial charge on any atom is -0.490 e. The SMILES string of the molecule is CCOc1ccc(C(=O)Oc2ccc([N+](=O)[O-])cc2/C=N/NC(=O)c2ccc(NC(=O)c3ccccc3)cc2)cc1OCC. The maximum Gasteiger partial charge on any atom is 0.343 e. The molecule has 2 amide bonds. The van der Waals surface area contributed by atoms with Crippen LogP contribution in [-0.4, -0.2) is 42.1 Å². The van der Waals surface area contributed by atoms with Gasteiger partial charge in [0.2, 0.25) is 0 Å². The number of non-ortho nitro benzene ring substituents is 1. The Hall–Kier alpha value is -6.04. The first-order valence-electron chi connectivity index (χ1n) is 13.5. The first-order chi connectivity index (χ1) is 21.3. The molecule has 12 heteroatoms. The van der Waals surface area contributed by atoms with E-state index >= 15 is 0 Å². The number of carbonyl (C=O) groups excluding carboxylic acids is 3. The van der Waals surface area contributed by atoms with Crippen molar-refractivity contribution in [2.45, 2.75) is 13.8 Å². The maximum atomic E-state index is 13.0. The Bertz CT molecular complexity index is 1690. The summed E-state index contributed by atoms with van der Waals surface area (Å²) in [4.78, 5) is 48.7. The van der Waals surface area contributed by atoms with Crippen LogP contribution < -0.4 is 25.0 Å². The Morgan fingerprint density at radius 1 is 0.773 bits per heavy atom. The van der Waals surface area contributed by atoms with E-state index in [1.807, 2.05) is 6.92 Å². The lowest BCUT2D eigenvalue weighted by Gasteiger charge is -2.12. The number of anilines is 1. The molecule has 4 aromatic carbocycles. The Labute approximate surface area is 252 Å². The van der Waals surface area contributed by atoms with Gasteiger partial charge >= 0.3 is 5.97 Å².